The van der Waals surface area contributed by atoms with Crippen LogP contribution in [-0.4, -0.2) is 49.5 Å². The van der Waals surface area contributed by atoms with Crippen molar-refractivity contribution in [1.29, 1.82) is 0 Å². The average molecular weight is 439 g/mol. The van der Waals surface area contributed by atoms with Gasteiger partial charge in [-0.2, -0.15) is 4.98 Å². The maximum Gasteiger partial charge on any atom is 0.232 e. The number of imidazole rings is 1. The fraction of sp³-hybridized carbons (Fsp3) is 0.522. The lowest BCUT2D eigenvalue weighted by molar-refractivity contribution is -0.138. The lowest BCUT2D eigenvalue weighted by Crippen LogP contribution is -2.50. The van der Waals surface area contributed by atoms with E-state index in [2.05, 4.69) is 31.9 Å². The Kier molecular flexibility index (Phi) is 6.25. The Morgan fingerprint density at radius 2 is 2.12 bits per heavy atom. The molecule has 1 atom stereocenters. The number of nitrogens with zero attached hydrogens (tertiary/aromatic N) is 5. The third kappa shape index (κ3) is 4.51. The van der Waals surface area contributed by atoms with E-state index in [1.54, 1.807) is 11.2 Å². The number of rotatable bonds is 7. The molecule has 1 saturated heterocycles. The van der Waals surface area contributed by atoms with Crippen LogP contribution >= 0.6 is 0 Å². The van der Waals surface area contributed by atoms with E-state index in [9.17, 15) is 9.59 Å². The summed E-state index contributed by atoms with van der Waals surface area (Å²) in [7, 11) is 0. The van der Waals surface area contributed by atoms with Crippen molar-refractivity contribution in [3.8, 4) is 0 Å². The molecule has 1 aliphatic heterocycles. The number of carbonyl (C=O) groups excluding carboxylic acids is 2. The predicted molar refractivity (Wildman–Crippen MR) is 120 cm³/mol. The maximum absolute atomic E-state index is 13.2. The van der Waals surface area contributed by atoms with E-state index < -0.39 is 5.41 Å². The summed E-state index contributed by atoms with van der Waals surface area (Å²) in [6.45, 7) is 7.85. The van der Waals surface area contributed by atoms with Crippen LogP contribution in [0.4, 0.5) is 5.69 Å². The standard InChI is InChI=1S/C23H30N6O3/c1-4-19-26-20(32-27-19)9-10-21(30)29-12-6-11-23(3,14-29)22(31)25-16-7-8-18-17(13-16)24-15-28(18)5-2/h7-8,13,15H,4-6,9-12,14H2,1-3H3,(H,25,31)/t23-/m0/s1. The summed E-state index contributed by atoms with van der Waals surface area (Å²) in [6, 6.07) is 5.77. The molecule has 1 fully saturated rings. The Morgan fingerprint density at radius 3 is 2.88 bits per heavy atom. The van der Waals surface area contributed by atoms with E-state index >= 15 is 0 Å². The number of nitrogens with one attached hydrogen (secondary N) is 1. The largest absolute Gasteiger partial charge is 0.342 e. The lowest BCUT2D eigenvalue weighted by atomic mass is 9.80. The molecule has 9 heteroatoms. The Hall–Kier alpha value is -3.23. The number of hydrogen-bond acceptors (Lipinski definition) is 6. The lowest BCUT2D eigenvalue weighted by Gasteiger charge is -2.39. The number of hydrogen-bond donors (Lipinski definition) is 1. The van der Waals surface area contributed by atoms with Gasteiger partial charge in [0.15, 0.2) is 5.82 Å². The first kappa shape index (κ1) is 22.0. The molecule has 2 amide bonds. The van der Waals surface area contributed by atoms with Gasteiger partial charge in [0.25, 0.3) is 0 Å². The zero-order valence-electron chi connectivity index (χ0n) is 18.9. The molecule has 0 bridgehead atoms. The van der Waals surface area contributed by atoms with E-state index in [1.807, 2.05) is 32.0 Å². The number of fused-ring (bicyclic) bond motifs is 1. The smallest absolute Gasteiger partial charge is 0.232 e. The van der Waals surface area contributed by atoms with Crippen molar-refractivity contribution in [3.63, 3.8) is 0 Å². The molecule has 1 aliphatic rings. The number of aromatic nitrogens is 4. The SMILES string of the molecule is CCc1noc(CCC(=O)N2CCC[C@](C)(C(=O)Nc3ccc4c(c3)ncn4CC)C2)n1. The Labute approximate surface area is 187 Å². The molecule has 9 nitrogen and oxygen atoms in total. The highest BCUT2D eigenvalue weighted by atomic mass is 16.5. The minimum atomic E-state index is -0.647. The van der Waals surface area contributed by atoms with Crippen molar-refractivity contribution in [2.75, 3.05) is 18.4 Å². The van der Waals surface area contributed by atoms with Gasteiger partial charge in [-0.25, -0.2) is 4.98 Å². The summed E-state index contributed by atoms with van der Waals surface area (Å²) < 4.78 is 7.24. The van der Waals surface area contributed by atoms with E-state index in [4.69, 9.17) is 4.52 Å². The zero-order valence-corrected chi connectivity index (χ0v) is 18.9. The molecule has 1 aromatic carbocycles. The van der Waals surface area contributed by atoms with Gasteiger partial charge in [-0.1, -0.05) is 12.1 Å². The normalized spacial score (nSPS) is 18.8. The van der Waals surface area contributed by atoms with E-state index in [-0.39, 0.29) is 11.8 Å². The van der Waals surface area contributed by atoms with Crippen LogP contribution < -0.4 is 5.32 Å². The minimum absolute atomic E-state index is 0.00602. The molecule has 3 heterocycles. The van der Waals surface area contributed by atoms with Crippen molar-refractivity contribution in [1.82, 2.24) is 24.6 Å². The van der Waals surface area contributed by atoms with Crippen molar-refractivity contribution in [2.45, 2.75) is 59.4 Å². The van der Waals surface area contributed by atoms with Gasteiger partial charge in [0, 0.05) is 44.6 Å². The van der Waals surface area contributed by atoms with Crippen LogP contribution in [0.5, 0.6) is 0 Å². The Bertz CT molecular complexity index is 1120. The average Bonchev–Trinajstić information content (AvgIpc) is 3.43. The number of carbonyl (C=O) groups is 2. The van der Waals surface area contributed by atoms with E-state index in [0.717, 1.165) is 36.1 Å². The first-order chi connectivity index (χ1) is 15.4. The minimum Gasteiger partial charge on any atom is -0.342 e. The van der Waals surface area contributed by atoms with Gasteiger partial charge < -0.3 is 19.3 Å². The molecule has 32 heavy (non-hydrogen) atoms. The van der Waals surface area contributed by atoms with Crippen molar-refractivity contribution in [2.24, 2.45) is 5.41 Å². The summed E-state index contributed by atoms with van der Waals surface area (Å²) in [4.78, 5) is 36.4. The second-order valence-electron chi connectivity index (χ2n) is 8.63. The molecule has 0 aliphatic carbocycles. The van der Waals surface area contributed by atoms with Crippen LogP contribution in [0.25, 0.3) is 11.0 Å². The third-order valence-electron chi connectivity index (χ3n) is 6.20. The number of anilines is 1. The number of likely N-dealkylation sites (tertiary alicyclic amines) is 1. The summed E-state index contributed by atoms with van der Waals surface area (Å²) >= 11 is 0. The van der Waals surface area contributed by atoms with Gasteiger partial charge in [-0.15, -0.1) is 0 Å². The fourth-order valence-electron chi connectivity index (χ4n) is 4.22. The molecule has 170 valence electrons. The highest BCUT2D eigenvalue weighted by molar-refractivity contribution is 5.97. The molecule has 4 rings (SSSR count). The van der Waals surface area contributed by atoms with Gasteiger partial charge in [-0.3, -0.25) is 9.59 Å². The Morgan fingerprint density at radius 1 is 1.28 bits per heavy atom. The zero-order chi connectivity index (χ0) is 22.7. The van der Waals surface area contributed by atoms with E-state index in [0.29, 0.717) is 44.1 Å². The summed E-state index contributed by atoms with van der Waals surface area (Å²) in [5, 5.41) is 6.91. The molecular formula is C23H30N6O3. The second-order valence-corrected chi connectivity index (χ2v) is 8.63. The summed E-state index contributed by atoms with van der Waals surface area (Å²) in [5.74, 6) is 1.06. The first-order valence-electron chi connectivity index (χ1n) is 11.3. The van der Waals surface area contributed by atoms with Crippen LogP contribution in [0, 0.1) is 5.41 Å². The fourth-order valence-corrected chi connectivity index (χ4v) is 4.22. The van der Waals surface area contributed by atoms with Crippen molar-refractivity contribution >= 4 is 28.5 Å². The second kappa shape index (κ2) is 9.10. The maximum atomic E-state index is 13.2. The van der Waals surface area contributed by atoms with Gasteiger partial charge in [0.2, 0.25) is 17.7 Å². The number of amides is 2. The number of benzene rings is 1. The quantitative estimate of drug-likeness (QED) is 0.607. The van der Waals surface area contributed by atoms with Gasteiger partial charge in [0.05, 0.1) is 22.8 Å². The van der Waals surface area contributed by atoms with Gasteiger partial charge in [0.1, 0.15) is 0 Å². The highest BCUT2D eigenvalue weighted by Crippen LogP contribution is 2.32. The predicted octanol–water partition coefficient (Wildman–Crippen LogP) is 3.20. The molecule has 0 saturated carbocycles. The molecule has 1 N–H and O–H groups in total. The topological polar surface area (TPSA) is 106 Å². The first-order valence-corrected chi connectivity index (χ1v) is 11.3. The van der Waals surface area contributed by atoms with Crippen LogP contribution in [-0.2, 0) is 29.0 Å². The molecule has 0 spiro atoms. The molecule has 0 radical (unpaired) electrons. The monoisotopic (exact) mass is 438 g/mol. The highest BCUT2D eigenvalue weighted by Gasteiger charge is 2.39. The number of aryl methyl sites for hydroxylation is 3. The third-order valence-corrected chi connectivity index (χ3v) is 6.20. The summed E-state index contributed by atoms with van der Waals surface area (Å²) in [5.41, 5.74) is 1.96. The number of piperidine rings is 1. The molecular weight excluding hydrogens is 408 g/mol. The Balaban J connectivity index is 1.38. The van der Waals surface area contributed by atoms with Crippen molar-refractivity contribution in [3.05, 3.63) is 36.2 Å². The van der Waals surface area contributed by atoms with Crippen LogP contribution in [0.3, 0.4) is 0 Å². The molecule has 2 aromatic heterocycles. The van der Waals surface area contributed by atoms with E-state index in [1.165, 1.54) is 0 Å². The summed E-state index contributed by atoms with van der Waals surface area (Å²) in [6.07, 6.45) is 4.73. The van der Waals surface area contributed by atoms with Gasteiger partial charge in [-0.05, 0) is 44.9 Å². The van der Waals surface area contributed by atoms with Crippen LogP contribution in [0.15, 0.2) is 29.0 Å². The van der Waals surface area contributed by atoms with Gasteiger partial charge >= 0.3 is 0 Å². The molecule has 0 unspecified atom stereocenters. The van der Waals surface area contributed by atoms with Crippen molar-refractivity contribution < 1.29 is 14.1 Å². The van der Waals surface area contributed by atoms with Crippen LogP contribution in [0.2, 0.25) is 0 Å². The molecule has 3 aromatic rings. The van der Waals surface area contributed by atoms with Crippen LogP contribution in [0.1, 0.15) is 51.7 Å².